The standard InChI is InChI=1S/C47H24N6S4/c1-5-13-35-27(9-1)39-43(54-35)44-40(28-10-2-6-14-36(28)55-44)51(39)25-17-19-33-31(21-25)32-22-26(18-20-34(32)53(33)47-49-23-48-24-50-47)52-41-29-11-3-7-15-37(29)56-45(41)46-42(52)30-12-4-8-16-38(30)57-46/h1-24H. The number of hydrogen-bond donors (Lipinski definition) is 0. The van der Waals surface area contributed by atoms with Crippen LogP contribution < -0.4 is 0 Å². The van der Waals surface area contributed by atoms with Crippen molar-refractivity contribution in [2.75, 3.05) is 0 Å². The van der Waals surface area contributed by atoms with Crippen LogP contribution in [0.4, 0.5) is 0 Å². The number of nitrogens with zero attached hydrogens (tertiary/aromatic N) is 6. The third kappa shape index (κ3) is 3.99. The van der Waals surface area contributed by atoms with Gasteiger partial charge in [-0.05, 0) is 60.7 Å². The first-order valence-electron chi connectivity index (χ1n) is 18.7. The topological polar surface area (TPSA) is 53.5 Å². The third-order valence-corrected chi connectivity index (χ3v) is 16.5. The maximum Gasteiger partial charge on any atom is 0.237 e. The Morgan fingerprint density at radius 3 is 1.07 bits per heavy atom. The zero-order chi connectivity index (χ0) is 36.9. The lowest BCUT2D eigenvalue weighted by Crippen LogP contribution is -2.01. The van der Waals surface area contributed by atoms with E-state index in [9.17, 15) is 0 Å². The van der Waals surface area contributed by atoms with Crippen LogP contribution in [0.25, 0.3) is 120 Å². The Kier molecular flexibility index (Phi) is 6.00. The molecule has 6 nitrogen and oxygen atoms in total. The molecule has 0 saturated carbocycles. The molecule has 0 spiro atoms. The fourth-order valence-corrected chi connectivity index (χ4v) is 14.2. The molecule has 10 heteroatoms. The van der Waals surface area contributed by atoms with E-state index in [0.29, 0.717) is 5.95 Å². The number of rotatable bonds is 3. The van der Waals surface area contributed by atoms with E-state index >= 15 is 0 Å². The second kappa shape index (κ2) is 11.1. The summed E-state index contributed by atoms with van der Waals surface area (Å²) in [4.78, 5) is 13.5. The lowest BCUT2D eigenvalue weighted by Gasteiger charge is -2.10. The summed E-state index contributed by atoms with van der Waals surface area (Å²) in [5, 5.41) is 7.42. The van der Waals surface area contributed by atoms with Gasteiger partial charge in [-0.15, -0.1) is 45.3 Å². The minimum absolute atomic E-state index is 0.599. The van der Waals surface area contributed by atoms with Crippen molar-refractivity contribution in [3.8, 4) is 17.3 Å². The van der Waals surface area contributed by atoms with Crippen LogP contribution in [0.15, 0.2) is 146 Å². The van der Waals surface area contributed by atoms with Crippen LogP contribution in [-0.4, -0.2) is 28.7 Å². The summed E-state index contributed by atoms with van der Waals surface area (Å²) in [7, 11) is 0. The molecular formula is C47H24N6S4. The van der Waals surface area contributed by atoms with Gasteiger partial charge in [0.15, 0.2) is 0 Å². The van der Waals surface area contributed by atoms with E-state index in [1.165, 1.54) is 81.2 Å². The van der Waals surface area contributed by atoms with E-state index in [4.69, 9.17) is 0 Å². The average Bonchev–Trinajstić information content (AvgIpc) is 4.12. The molecule has 0 radical (unpaired) electrons. The van der Waals surface area contributed by atoms with Gasteiger partial charge in [-0.2, -0.15) is 0 Å². The smallest absolute Gasteiger partial charge is 0.237 e. The second-order valence-electron chi connectivity index (χ2n) is 14.5. The molecule has 14 aromatic rings. The van der Waals surface area contributed by atoms with Crippen molar-refractivity contribution in [1.29, 1.82) is 0 Å². The molecule has 0 aliphatic carbocycles. The predicted molar refractivity (Wildman–Crippen MR) is 244 cm³/mol. The molecule has 266 valence electrons. The summed E-state index contributed by atoms with van der Waals surface area (Å²) in [6.07, 6.45) is 3.16. The fourth-order valence-electron chi connectivity index (χ4n) is 9.21. The number of hydrogen-bond acceptors (Lipinski definition) is 7. The summed E-state index contributed by atoms with van der Waals surface area (Å²) < 4.78 is 17.8. The van der Waals surface area contributed by atoms with E-state index < -0.39 is 0 Å². The van der Waals surface area contributed by atoms with Crippen molar-refractivity contribution in [2.24, 2.45) is 0 Å². The lowest BCUT2D eigenvalue weighted by molar-refractivity contribution is 0.939. The van der Waals surface area contributed by atoms with Gasteiger partial charge in [0.05, 0.1) is 51.9 Å². The predicted octanol–water partition coefficient (Wildman–Crippen LogP) is 14.0. The van der Waals surface area contributed by atoms with Gasteiger partial charge < -0.3 is 9.13 Å². The highest BCUT2D eigenvalue weighted by Gasteiger charge is 2.25. The Bertz CT molecular complexity index is 3590. The van der Waals surface area contributed by atoms with Gasteiger partial charge >= 0.3 is 0 Å². The van der Waals surface area contributed by atoms with E-state index in [2.05, 4.69) is 162 Å². The van der Waals surface area contributed by atoms with Crippen LogP contribution in [0.1, 0.15) is 0 Å². The van der Waals surface area contributed by atoms with E-state index in [1.807, 2.05) is 45.3 Å². The molecule has 0 N–H and O–H groups in total. The second-order valence-corrected chi connectivity index (χ2v) is 18.7. The van der Waals surface area contributed by atoms with Crippen molar-refractivity contribution >= 4 is 148 Å². The molecule has 0 atom stereocenters. The minimum atomic E-state index is 0.599. The highest BCUT2D eigenvalue weighted by atomic mass is 32.1. The van der Waals surface area contributed by atoms with Gasteiger partial charge in [0.1, 0.15) is 12.7 Å². The Hall–Kier alpha value is -6.43. The van der Waals surface area contributed by atoms with Crippen LogP contribution in [0.3, 0.4) is 0 Å². The van der Waals surface area contributed by atoms with Gasteiger partial charge in [0, 0.05) is 62.5 Å². The third-order valence-electron chi connectivity index (χ3n) is 11.5. The first-order chi connectivity index (χ1) is 28.3. The highest BCUT2D eigenvalue weighted by Crippen LogP contribution is 2.50. The Labute approximate surface area is 338 Å². The first-order valence-corrected chi connectivity index (χ1v) is 21.9. The normalized spacial score (nSPS) is 12.6. The van der Waals surface area contributed by atoms with Crippen LogP contribution >= 0.6 is 45.3 Å². The van der Waals surface area contributed by atoms with Gasteiger partial charge in [-0.25, -0.2) is 15.0 Å². The van der Waals surface area contributed by atoms with Gasteiger partial charge in [0.25, 0.3) is 0 Å². The van der Waals surface area contributed by atoms with Crippen molar-refractivity contribution in [1.82, 2.24) is 28.7 Å². The fraction of sp³-hybridized carbons (Fsp3) is 0. The summed E-state index contributed by atoms with van der Waals surface area (Å²) in [6.45, 7) is 0. The highest BCUT2D eigenvalue weighted by molar-refractivity contribution is 7.34. The monoisotopic (exact) mass is 800 g/mol. The summed E-state index contributed by atoms with van der Waals surface area (Å²) in [5.41, 5.74) is 9.45. The SMILES string of the molecule is c1ccc2c(c1)sc1c3sc4ccccc4c3n(-c3ccc4c(c3)c3cc(-n5c6c7ccccc7sc6c6sc7ccccc7c65)ccc3n4-c3ncncn3)c21. The quantitative estimate of drug-likeness (QED) is 0.179. The zero-order valence-electron chi connectivity index (χ0n) is 29.7. The van der Waals surface area contributed by atoms with Crippen molar-refractivity contribution in [3.05, 3.63) is 146 Å². The Morgan fingerprint density at radius 1 is 0.351 bits per heavy atom. The Morgan fingerprint density at radius 2 is 0.702 bits per heavy atom. The summed E-state index contributed by atoms with van der Waals surface area (Å²) in [5.74, 6) is 0.599. The molecule has 0 fully saturated rings. The molecule has 6 aromatic carbocycles. The molecule has 0 aliphatic heterocycles. The number of aromatic nitrogens is 6. The van der Waals surface area contributed by atoms with Crippen molar-refractivity contribution < 1.29 is 0 Å². The molecule has 0 aliphatic rings. The number of fused-ring (bicyclic) bond motifs is 17. The molecule has 0 bridgehead atoms. The molecule has 57 heavy (non-hydrogen) atoms. The maximum atomic E-state index is 4.67. The number of benzene rings is 6. The molecular weight excluding hydrogens is 777 g/mol. The van der Waals surface area contributed by atoms with Crippen LogP contribution in [0.2, 0.25) is 0 Å². The zero-order valence-corrected chi connectivity index (χ0v) is 32.9. The molecule has 14 rings (SSSR count). The van der Waals surface area contributed by atoms with E-state index in [1.54, 1.807) is 12.7 Å². The van der Waals surface area contributed by atoms with Crippen LogP contribution in [0, 0.1) is 0 Å². The molecule has 0 amide bonds. The van der Waals surface area contributed by atoms with Crippen LogP contribution in [-0.2, 0) is 0 Å². The lowest BCUT2D eigenvalue weighted by atomic mass is 10.1. The molecule has 0 unspecified atom stereocenters. The average molecular weight is 801 g/mol. The largest absolute Gasteiger partial charge is 0.306 e. The van der Waals surface area contributed by atoms with Crippen molar-refractivity contribution in [3.63, 3.8) is 0 Å². The van der Waals surface area contributed by atoms with E-state index in [-0.39, 0.29) is 0 Å². The number of thiophene rings is 4. The van der Waals surface area contributed by atoms with Gasteiger partial charge in [-0.1, -0.05) is 72.8 Å². The summed E-state index contributed by atoms with van der Waals surface area (Å²) in [6, 6.07) is 49.1. The maximum absolute atomic E-state index is 4.67. The van der Waals surface area contributed by atoms with Crippen molar-refractivity contribution in [2.45, 2.75) is 0 Å². The Balaban J connectivity index is 1.12. The first kappa shape index (κ1) is 30.7. The molecule has 0 saturated heterocycles. The molecule has 8 aromatic heterocycles. The van der Waals surface area contributed by atoms with Gasteiger partial charge in [-0.3, -0.25) is 4.57 Å². The van der Waals surface area contributed by atoms with E-state index in [0.717, 1.165) is 33.2 Å². The summed E-state index contributed by atoms with van der Waals surface area (Å²) >= 11 is 7.59. The molecule has 8 heterocycles. The van der Waals surface area contributed by atoms with Crippen LogP contribution in [0.5, 0.6) is 0 Å². The van der Waals surface area contributed by atoms with Gasteiger partial charge in [0.2, 0.25) is 5.95 Å². The minimum Gasteiger partial charge on any atom is -0.306 e.